The highest BCUT2D eigenvalue weighted by molar-refractivity contribution is 7.52. The summed E-state index contributed by atoms with van der Waals surface area (Å²) in [6.07, 6.45) is 2.52. The molecule has 0 spiro atoms. The van der Waals surface area contributed by atoms with Crippen molar-refractivity contribution in [1.82, 2.24) is 15.2 Å². The number of amides is 3. The summed E-state index contributed by atoms with van der Waals surface area (Å²) in [5, 5.41) is 6.02. The zero-order valence-corrected chi connectivity index (χ0v) is 27.3. The number of halogens is 3. The molecule has 5 rings (SSSR count). The number of anilines is 1. The van der Waals surface area contributed by atoms with Gasteiger partial charge in [0.15, 0.2) is 5.13 Å². The summed E-state index contributed by atoms with van der Waals surface area (Å²) < 4.78 is 53.6. The minimum absolute atomic E-state index is 0.102. The molecule has 1 saturated heterocycles. The quantitative estimate of drug-likeness (QED) is 0.161. The average Bonchev–Trinajstić information content (AvgIpc) is 3.74. The van der Waals surface area contributed by atoms with Crippen LogP contribution in [0.25, 0.3) is 20.5 Å². The van der Waals surface area contributed by atoms with Gasteiger partial charge in [0.25, 0.3) is 5.91 Å². The molecule has 0 aliphatic carbocycles. The number of carbonyl (C=O) groups is 3. The number of hydrogen-bond acceptors (Lipinski definition) is 7. The van der Waals surface area contributed by atoms with Crippen LogP contribution in [0.2, 0.25) is 0 Å². The number of hydrogen-bond donors (Lipinski definition) is 4. The van der Waals surface area contributed by atoms with Crippen molar-refractivity contribution in [2.24, 2.45) is 5.41 Å². The maximum Gasteiger partial charge on any atom is 0.399 e. The third-order valence-corrected chi connectivity index (χ3v) is 10.6. The molecule has 4 aromatic rings. The zero-order chi connectivity index (χ0) is 33.6. The molecule has 16 heteroatoms. The fraction of sp³-hybridized carbons (Fsp3) is 0.333. The Labute approximate surface area is 269 Å². The van der Waals surface area contributed by atoms with Gasteiger partial charge in [-0.25, -0.2) is 9.37 Å². The molecule has 0 saturated carbocycles. The first-order chi connectivity index (χ1) is 21.5. The molecular formula is C30H30F3N4O6PS2. The number of likely N-dealkylation sites (tertiary alicyclic amines) is 1. The lowest BCUT2D eigenvalue weighted by molar-refractivity contribution is -0.140. The van der Waals surface area contributed by atoms with Crippen LogP contribution in [0, 0.1) is 11.2 Å². The summed E-state index contributed by atoms with van der Waals surface area (Å²) in [4.78, 5) is 65.3. The van der Waals surface area contributed by atoms with E-state index in [0.717, 1.165) is 33.9 Å². The summed E-state index contributed by atoms with van der Waals surface area (Å²) in [5.74, 6) is -1.91. The lowest BCUT2D eigenvalue weighted by Gasteiger charge is -2.35. The molecule has 0 bridgehead atoms. The average molecular weight is 695 g/mol. The van der Waals surface area contributed by atoms with Gasteiger partial charge in [-0.15, -0.1) is 11.3 Å². The van der Waals surface area contributed by atoms with Crippen molar-refractivity contribution in [3.05, 3.63) is 71.0 Å². The molecule has 46 heavy (non-hydrogen) atoms. The first-order valence-electron chi connectivity index (χ1n) is 14.1. The van der Waals surface area contributed by atoms with Crippen LogP contribution < -0.4 is 10.6 Å². The highest BCUT2D eigenvalue weighted by Gasteiger charge is 2.50. The number of benzene rings is 2. The van der Waals surface area contributed by atoms with E-state index in [1.807, 2.05) is 0 Å². The maximum absolute atomic E-state index is 14.3. The summed E-state index contributed by atoms with van der Waals surface area (Å²) in [6, 6.07) is 8.38. The SMILES string of the molecule is CC(C)(C)C(NC(=O)c1cc2cc(C(F)(F)P(=O)(O)O)ccc2s1)C(=O)N1CCC[C@H]1C(=O)Nc1ncc(-c2ccc(F)cc2)s1. The van der Waals surface area contributed by atoms with E-state index in [-0.39, 0.29) is 22.6 Å². The van der Waals surface area contributed by atoms with Gasteiger partial charge in [-0.05, 0) is 59.5 Å². The van der Waals surface area contributed by atoms with Crippen LogP contribution in [-0.4, -0.2) is 56.0 Å². The van der Waals surface area contributed by atoms with Gasteiger partial charge in [0, 0.05) is 23.0 Å². The summed E-state index contributed by atoms with van der Waals surface area (Å²) >= 11 is 2.18. The van der Waals surface area contributed by atoms with Crippen LogP contribution in [-0.2, 0) is 19.8 Å². The number of carbonyl (C=O) groups excluding carboxylic acids is 3. The van der Waals surface area contributed by atoms with Gasteiger partial charge in [-0.2, -0.15) is 8.78 Å². The van der Waals surface area contributed by atoms with Crippen molar-refractivity contribution in [3.8, 4) is 10.4 Å². The van der Waals surface area contributed by atoms with Gasteiger partial charge in [-0.1, -0.05) is 50.3 Å². The van der Waals surface area contributed by atoms with E-state index in [0.29, 0.717) is 22.7 Å². The molecular weight excluding hydrogens is 664 g/mol. The third kappa shape index (κ3) is 6.88. The number of fused-ring (bicyclic) bond motifs is 1. The van der Waals surface area contributed by atoms with E-state index in [2.05, 4.69) is 15.6 Å². The second kappa shape index (κ2) is 12.5. The normalized spacial score (nSPS) is 16.4. The Hall–Kier alpha value is -3.62. The Morgan fingerprint density at radius 2 is 1.76 bits per heavy atom. The Kier molecular flexibility index (Phi) is 9.19. The molecule has 10 nitrogen and oxygen atoms in total. The lowest BCUT2D eigenvalue weighted by Crippen LogP contribution is -2.57. The van der Waals surface area contributed by atoms with Gasteiger partial charge >= 0.3 is 13.3 Å². The van der Waals surface area contributed by atoms with Crippen molar-refractivity contribution in [2.75, 3.05) is 11.9 Å². The van der Waals surface area contributed by atoms with Gasteiger partial charge < -0.3 is 25.3 Å². The maximum atomic E-state index is 14.3. The fourth-order valence-electron chi connectivity index (χ4n) is 5.10. The second-order valence-corrected chi connectivity index (χ2v) is 15.7. The van der Waals surface area contributed by atoms with Gasteiger partial charge in [0.2, 0.25) is 11.8 Å². The largest absolute Gasteiger partial charge is 0.399 e. The molecule has 244 valence electrons. The van der Waals surface area contributed by atoms with Gasteiger partial charge in [-0.3, -0.25) is 18.9 Å². The van der Waals surface area contributed by atoms with Crippen molar-refractivity contribution in [2.45, 2.75) is 51.4 Å². The number of thiazole rings is 1. The Morgan fingerprint density at radius 3 is 2.41 bits per heavy atom. The monoisotopic (exact) mass is 694 g/mol. The smallest absolute Gasteiger partial charge is 0.339 e. The molecule has 3 heterocycles. The van der Waals surface area contributed by atoms with Crippen LogP contribution in [0.1, 0.15) is 48.8 Å². The van der Waals surface area contributed by atoms with Crippen LogP contribution in [0.3, 0.4) is 0 Å². The molecule has 3 amide bonds. The zero-order valence-electron chi connectivity index (χ0n) is 24.8. The van der Waals surface area contributed by atoms with Crippen LogP contribution >= 0.6 is 30.3 Å². The predicted molar refractivity (Wildman–Crippen MR) is 169 cm³/mol. The van der Waals surface area contributed by atoms with E-state index < -0.39 is 54.0 Å². The van der Waals surface area contributed by atoms with Gasteiger partial charge in [0.05, 0.1) is 9.75 Å². The Morgan fingerprint density at radius 1 is 1.07 bits per heavy atom. The lowest BCUT2D eigenvalue weighted by atomic mass is 9.85. The molecule has 1 aliphatic heterocycles. The van der Waals surface area contributed by atoms with Crippen molar-refractivity contribution < 1.29 is 41.9 Å². The van der Waals surface area contributed by atoms with E-state index in [1.165, 1.54) is 40.5 Å². The van der Waals surface area contributed by atoms with Crippen LogP contribution in [0.15, 0.2) is 54.7 Å². The van der Waals surface area contributed by atoms with Crippen LogP contribution in [0.5, 0.6) is 0 Å². The Bertz CT molecular complexity index is 1850. The molecule has 1 unspecified atom stereocenters. The topological polar surface area (TPSA) is 149 Å². The first-order valence-corrected chi connectivity index (χ1v) is 17.3. The summed E-state index contributed by atoms with van der Waals surface area (Å²) in [7, 11) is -5.78. The molecule has 0 radical (unpaired) electrons. The number of nitrogens with one attached hydrogen (secondary N) is 2. The molecule has 4 N–H and O–H groups in total. The predicted octanol–water partition coefficient (Wildman–Crippen LogP) is 6.17. The Balaban J connectivity index is 1.31. The molecule has 2 aromatic heterocycles. The number of alkyl halides is 2. The highest BCUT2D eigenvalue weighted by Crippen LogP contribution is 2.59. The highest BCUT2D eigenvalue weighted by atomic mass is 32.1. The molecule has 1 fully saturated rings. The van der Waals surface area contributed by atoms with Crippen molar-refractivity contribution in [3.63, 3.8) is 0 Å². The molecule has 2 atom stereocenters. The number of nitrogens with zero attached hydrogens (tertiary/aromatic N) is 2. The second-order valence-electron chi connectivity index (χ2n) is 11.9. The minimum Gasteiger partial charge on any atom is -0.339 e. The van der Waals surface area contributed by atoms with E-state index in [9.17, 15) is 32.1 Å². The number of rotatable bonds is 8. The molecule has 2 aromatic carbocycles. The number of aromatic nitrogens is 1. The standard InChI is InChI=1S/C30H30F3N4O6PS2/c1-29(2,3)24(35-26(39)22-14-17-13-18(8-11-21(17)45-22)30(32,33)44(41,42)43)27(40)37-12-4-5-20(37)25(38)36-28-34-15-23(46-28)16-6-9-19(31)10-7-16/h6-11,13-15,20,24H,4-5,12H2,1-3H3,(H,35,39)(H,34,36,38)(H2,41,42,43)/t20-,24?/m0/s1. The van der Waals surface area contributed by atoms with E-state index >= 15 is 0 Å². The van der Waals surface area contributed by atoms with E-state index in [4.69, 9.17) is 9.79 Å². The molecule has 1 aliphatic rings. The van der Waals surface area contributed by atoms with Crippen molar-refractivity contribution >= 4 is 63.2 Å². The van der Waals surface area contributed by atoms with E-state index in [1.54, 1.807) is 39.1 Å². The first kappa shape index (κ1) is 33.7. The van der Waals surface area contributed by atoms with Gasteiger partial charge in [0.1, 0.15) is 17.9 Å². The fourth-order valence-corrected chi connectivity index (χ4v) is 7.34. The summed E-state index contributed by atoms with van der Waals surface area (Å²) in [6.45, 7) is 5.57. The minimum atomic E-state index is -5.78. The van der Waals surface area contributed by atoms with Crippen molar-refractivity contribution in [1.29, 1.82) is 0 Å². The number of thiophene rings is 1. The summed E-state index contributed by atoms with van der Waals surface area (Å²) in [5.41, 5.74) is -5.34. The van der Waals surface area contributed by atoms with Crippen LogP contribution in [0.4, 0.5) is 18.3 Å². The third-order valence-electron chi connectivity index (χ3n) is 7.54.